The minimum absolute atomic E-state index is 0.0109. The average Bonchev–Trinajstić information content (AvgIpc) is 3.34. The summed E-state index contributed by atoms with van der Waals surface area (Å²) in [5.74, 6) is -0.553. The molecule has 1 saturated heterocycles. The first-order chi connectivity index (χ1) is 11.3. The summed E-state index contributed by atoms with van der Waals surface area (Å²) >= 11 is 0. The predicted molar refractivity (Wildman–Crippen MR) is 81.2 cm³/mol. The minimum Gasteiger partial charge on any atom is -0.463 e. The molecule has 132 valence electrons. The van der Waals surface area contributed by atoms with Crippen LogP contribution in [0.25, 0.3) is 6.08 Å². The molecule has 24 heavy (non-hydrogen) atoms. The Morgan fingerprint density at radius 3 is 2.75 bits per heavy atom. The lowest BCUT2D eigenvalue weighted by Gasteiger charge is -2.18. The number of hydrogen-bond donors (Lipinski definition) is 0. The highest BCUT2D eigenvalue weighted by Crippen LogP contribution is 2.33. The summed E-state index contributed by atoms with van der Waals surface area (Å²) in [6, 6.07) is 3.34. The molecule has 1 aromatic carbocycles. The highest BCUT2D eigenvalue weighted by Gasteiger charge is 2.32. The third-order valence-corrected chi connectivity index (χ3v) is 3.47. The molecule has 7 heteroatoms. The number of hydrogen-bond acceptors (Lipinski definition) is 4. The van der Waals surface area contributed by atoms with E-state index in [1.54, 1.807) is 13.8 Å². The van der Waals surface area contributed by atoms with Crippen molar-refractivity contribution in [2.24, 2.45) is 0 Å². The Balaban J connectivity index is 2.24. The normalized spacial score (nSPS) is 18.6. The number of epoxide rings is 1. The minimum atomic E-state index is -4.45. The standard InChI is InChI=1S/C17H19F3O4/c1-3-22-16(21)7-5-12-4-6-13(17(18,19)20)8-15(12)11(2)23-9-14-10-24-14/h4-8,11,14H,3,9-10H2,1-2H3/b7-5+/t11-,14+/m1/s1. The monoisotopic (exact) mass is 344 g/mol. The molecule has 1 aromatic rings. The maximum atomic E-state index is 12.9. The molecule has 0 N–H and O–H groups in total. The van der Waals surface area contributed by atoms with Crippen LogP contribution in [0.4, 0.5) is 13.2 Å². The molecule has 1 fully saturated rings. The smallest absolute Gasteiger partial charge is 0.416 e. The van der Waals surface area contributed by atoms with E-state index in [4.69, 9.17) is 14.2 Å². The van der Waals surface area contributed by atoms with Crippen LogP contribution in [0, 0.1) is 0 Å². The first kappa shape index (κ1) is 18.5. The summed E-state index contributed by atoms with van der Waals surface area (Å²) in [6.07, 6.45) is -2.39. The van der Waals surface area contributed by atoms with Crippen molar-refractivity contribution in [2.75, 3.05) is 19.8 Å². The van der Waals surface area contributed by atoms with Gasteiger partial charge in [-0.3, -0.25) is 0 Å². The van der Waals surface area contributed by atoms with E-state index >= 15 is 0 Å². The second-order valence-electron chi connectivity index (χ2n) is 5.36. The molecule has 1 aliphatic rings. The first-order valence-electron chi connectivity index (χ1n) is 7.60. The Bertz CT molecular complexity index is 606. The summed E-state index contributed by atoms with van der Waals surface area (Å²) in [6.45, 7) is 4.48. The van der Waals surface area contributed by atoms with Gasteiger partial charge in [0.05, 0.1) is 31.5 Å². The molecule has 0 radical (unpaired) electrons. The van der Waals surface area contributed by atoms with Crippen molar-refractivity contribution in [3.63, 3.8) is 0 Å². The summed E-state index contributed by atoms with van der Waals surface area (Å²) in [5.41, 5.74) is 0.0650. The molecule has 0 bridgehead atoms. The van der Waals surface area contributed by atoms with E-state index in [2.05, 4.69) is 0 Å². The van der Waals surface area contributed by atoms with E-state index in [-0.39, 0.29) is 12.7 Å². The fourth-order valence-electron chi connectivity index (χ4n) is 2.11. The zero-order valence-corrected chi connectivity index (χ0v) is 13.4. The van der Waals surface area contributed by atoms with Gasteiger partial charge in [-0.05, 0) is 43.2 Å². The number of carbonyl (C=O) groups is 1. The van der Waals surface area contributed by atoms with Crippen LogP contribution in [0.3, 0.4) is 0 Å². The summed E-state index contributed by atoms with van der Waals surface area (Å²) < 4.78 is 54.2. The Morgan fingerprint density at radius 1 is 1.46 bits per heavy atom. The van der Waals surface area contributed by atoms with E-state index < -0.39 is 23.8 Å². The van der Waals surface area contributed by atoms with Gasteiger partial charge in [-0.1, -0.05) is 6.07 Å². The van der Waals surface area contributed by atoms with Crippen molar-refractivity contribution < 1.29 is 32.2 Å². The molecule has 1 aliphatic heterocycles. The average molecular weight is 344 g/mol. The second-order valence-corrected chi connectivity index (χ2v) is 5.36. The van der Waals surface area contributed by atoms with Crippen molar-refractivity contribution in [1.82, 2.24) is 0 Å². The van der Waals surface area contributed by atoms with Crippen LogP contribution in [-0.2, 0) is 25.2 Å². The van der Waals surface area contributed by atoms with Crippen molar-refractivity contribution in [2.45, 2.75) is 32.2 Å². The molecule has 2 atom stereocenters. The largest absolute Gasteiger partial charge is 0.463 e. The quantitative estimate of drug-likeness (QED) is 0.429. The van der Waals surface area contributed by atoms with E-state index in [1.807, 2.05) is 0 Å². The van der Waals surface area contributed by atoms with Crippen LogP contribution in [-0.4, -0.2) is 31.9 Å². The van der Waals surface area contributed by atoms with E-state index in [0.29, 0.717) is 24.3 Å². The molecule has 0 amide bonds. The van der Waals surface area contributed by atoms with Gasteiger partial charge in [0.1, 0.15) is 6.10 Å². The second kappa shape index (κ2) is 7.81. The van der Waals surface area contributed by atoms with Crippen molar-refractivity contribution >= 4 is 12.0 Å². The Kier molecular flexibility index (Phi) is 6.01. The first-order valence-corrected chi connectivity index (χ1v) is 7.60. The van der Waals surface area contributed by atoms with Gasteiger partial charge in [0.15, 0.2) is 0 Å². The maximum Gasteiger partial charge on any atom is 0.416 e. The van der Waals surface area contributed by atoms with Crippen LogP contribution in [0.5, 0.6) is 0 Å². The number of alkyl halides is 3. The van der Waals surface area contributed by atoms with Crippen LogP contribution in [0.2, 0.25) is 0 Å². The SMILES string of the molecule is CCOC(=O)/C=C/c1ccc(C(F)(F)F)cc1[C@@H](C)OC[C@H]1CO1. The molecule has 0 aliphatic carbocycles. The van der Waals surface area contributed by atoms with Crippen molar-refractivity contribution in [3.8, 4) is 0 Å². The molecular weight excluding hydrogens is 325 g/mol. The van der Waals surface area contributed by atoms with Crippen LogP contribution >= 0.6 is 0 Å². The fraction of sp³-hybridized carbons (Fsp3) is 0.471. The molecule has 0 saturated carbocycles. The number of carbonyl (C=O) groups excluding carboxylic acids is 1. The number of ether oxygens (including phenoxy) is 3. The molecular formula is C17H19F3O4. The van der Waals surface area contributed by atoms with Gasteiger partial charge in [-0.15, -0.1) is 0 Å². The highest BCUT2D eigenvalue weighted by atomic mass is 19.4. The lowest BCUT2D eigenvalue weighted by molar-refractivity contribution is -0.138. The van der Waals surface area contributed by atoms with Gasteiger partial charge in [-0.25, -0.2) is 4.79 Å². The number of esters is 1. The van der Waals surface area contributed by atoms with E-state index in [9.17, 15) is 18.0 Å². The topological polar surface area (TPSA) is 48.1 Å². The third-order valence-electron chi connectivity index (χ3n) is 3.47. The molecule has 1 heterocycles. The van der Waals surface area contributed by atoms with Crippen LogP contribution in [0.15, 0.2) is 24.3 Å². The zero-order chi connectivity index (χ0) is 17.7. The van der Waals surface area contributed by atoms with Gasteiger partial charge in [0, 0.05) is 6.08 Å². The van der Waals surface area contributed by atoms with E-state index in [1.165, 1.54) is 18.2 Å². The van der Waals surface area contributed by atoms with Gasteiger partial charge in [0.25, 0.3) is 0 Å². The third kappa shape index (κ3) is 5.35. The van der Waals surface area contributed by atoms with Gasteiger partial charge < -0.3 is 14.2 Å². The van der Waals surface area contributed by atoms with Gasteiger partial charge >= 0.3 is 12.1 Å². The summed E-state index contributed by atoms with van der Waals surface area (Å²) in [4.78, 5) is 11.4. The summed E-state index contributed by atoms with van der Waals surface area (Å²) in [5, 5.41) is 0. The van der Waals surface area contributed by atoms with Gasteiger partial charge in [0.2, 0.25) is 0 Å². The maximum absolute atomic E-state index is 12.9. The molecule has 2 rings (SSSR count). The molecule has 4 nitrogen and oxygen atoms in total. The molecule has 0 aromatic heterocycles. The van der Waals surface area contributed by atoms with Crippen molar-refractivity contribution in [3.05, 3.63) is 41.0 Å². The highest BCUT2D eigenvalue weighted by molar-refractivity contribution is 5.87. The number of benzene rings is 1. The Labute approximate surface area is 138 Å². The lowest BCUT2D eigenvalue weighted by Crippen LogP contribution is -2.11. The number of rotatable bonds is 7. The Morgan fingerprint density at radius 2 is 2.17 bits per heavy atom. The molecule has 0 spiro atoms. The summed E-state index contributed by atoms with van der Waals surface area (Å²) in [7, 11) is 0. The van der Waals surface area contributed by atoms with Gasteiger partial charge in [-0.2, -0.15) is 13.2 Å². The fourth-order valence-corrected chi connectivity index (χ4v) is 2.11. The number of halogens is 3. The van der Waals surface area contributed by atoms with E-state index in [0.717, 1.165) is 12.1 Å². The zero-order valence-electron chi connectivity index (χ0n) is 13.4. The predicted octanol–water partition coefficient (Wildman–Crippen LogP) is 3.76. The van der Waals surface area contributed by atoms with Crippen LogP contribution < -0.4 is 0 Å². The van der Waals surface area contributed by atoms with Crippen molar-refractivity contribution in [1.29, 1.82) is 0 Å². The van der Waals surface area contributed by atoms with Crippen LogP contribution in [0.1, 0.15) is 36.6 Å². The lowest BCUT2D eigenvalue weighted by atomic mass is 9.99. The molecule has 0 unspecified atom stereocenters. The Hall–Kier alpha value is -1.86.